The summed E-state index contributed by atoms with van der Waals surface area (Å²) in [7, 11) is 1.82. The van der Waals surface area contributed by atoms with Gasteiger partial charge in [0.15, 0.2) is 5.96 Å². The van der Waals surface area contributed by atoms with E-state index in [1.165, 1.54) is 10.4 Å². The summed E-state index contributed by atoms with van der Waals surface area (Å²) in [5.74, 6) is 1.75. The average Bonchev–Trinajstić information content (AvgIpc) is 3.17. The van der Waals surface area contributed by atoms with E-state index in [0.29, 0.717) is 6.61 Å². The first kappa shape index (κ1) is 24.9. The number of hydrogen-bond donors (Lipinski definition) is 2. The Labute approximate surface area is 200 Å². The number of benzene rings is 1. The van der Waals surface area contributed by atoms with E-state index in [-0.39, 0.29) is 29.4 Å². The summed E-state index contributed by atoms with van der Waals surface area (Å²) < 4.78 is 11.3. The van der Waals surface area contributed by atoms with E-state index in [2.05, 4.69) is 51.8 Å². The van der Waals surface area contributed by atoms with E-state index in [1.54, 1.807) is 11.3 Å². The van der Waals surface area contributed by atoms with Crippen molar-refractivity contribution < 1.29 is 9.47 Å². The summed E-state index contributed by atoms with van der Waals surface area (Å²) in [6.45, 7) is 7.97. The molecule has 30 heavy (non-hydrogen) atoms. The Morgan fingerprint density at radius 3 is 2.57 bits per heavy atom. The van der Waals surface area contributed by atoms with Crippen molar-refractivity contribution >= 4 is 41.3 Å². The molecule has 1 aromatic carbocycles. The Hall–Kier alpha value is -1.39. The molecular formula is C22H33IN4O2S. The van der Waals surface area contributed by atoms with Crippen molar-refractivity contribution in [3.05, 3.63) is 45.9 Å². The average molecular weight is 545 g/mol. The molecule has 1 saturated heterocycles. The normalized spacial score (nSPS) is 15.9. The smallest absolute Gasteiger partial charge is 0.191 e. The van der Waals surface area contributed by atoms with Crippen LogP contribution in [0.2, 0.25) is 0 Å². The second kappa shape index (κ2) is 12.5. The lowest BCUT2D eigenvalue weighted by atomic mass is 9.74. The molecule has 6 nitrogen and oxygen atoms in total. The molecule has 166 valence electrons. The third-order valence-electron chi connectivity index (χ3n) is 5.35. The van der Waals surface area contributed by atoms with Crippen LogP contribution in [0.1, 0.15) is 35.2 Å². The maximum atomic E-state index is 5.65. The molecule has 8 heteroatoms. The summed E-state index contributed by atoms with van der Waals surface area (Å²) >= 11 is 1.75. The van der Waals surface area contributed by atoms with Crippen molar-refractivity contribution in [2.45, 2.75) is 38.5 Å². The topological polar surface area (TPSA) is 67.8 Å². The maximum absolute atomic E-state index is 5.65. The van der Waals surface area contributed by atoms with Crippen LogP contribution in [0.25, 0.3) is 0 Å². The van der Waals surface area contributed by atoms with Crippen LogP contribution in [0.5, 0.6) is 5.75 Å². The number of guanidine groups is 1. The first-order chi connectivity index (χ1) is 14.1. The third-order valence-corrected chi connectivity index (χ3v) is 6.32. The lowest BCUT2D eigenvalue weighted by Crippen LogP contribution is -2.48. The van der Waals surface area contributed by atoms with Gasteiger partial charge in [-0.1, -0.05) is 12.1 Å². The first-order valence-corrected chi connectivity index (χ1v) is 11.1. The Morgan fingerprint density at radius 2 is 1.97 bits per heavy atom. The Bertz CT molecular complexity index is 789. The number of aromatic nitrogens is 1. The SMILES string of the molecule is CCOc1ccc(C2(CNC(=NC)NCCc3ncc(C)s3)CCOCC2)cc1.I. The van der Waals surface area contributed by atoms with Gasteiger partial charge in [-0.15, -0.1) is 35.3 Å². The van der Waals surface area contributed by atoms with Crippen molar-refractivity contribution in [2.75, 3.05) is 40.0 Å². The summed E-state index contributed by atoms with van der Waals surface area (Å²) in [5.41, 5.74) is 1.36. The predicted octanol–water partition coefficient (Wildman–Crippen LogP) is 3.92. The molecule has 2 aromatic rings. The monoisotopic (exact) mass is 544 g/mol. The largest absolute Gasteiger partial charge is 0.494 e. The Kier molecular flexibility index (Phi) is 10.3. The maximum Gasteiger partial charge on any atom is 0.191 e. The highest BCUT2D eigenvalue weighted by Crippen LogP contribution is 2.35. The van der Waals surface area contributed by atoms with Gasteiger partial charge < -0.3 is 20.1 Å². The zero-order valence-corrected chi connectivity index (χ0v) is 21.2. The van der Waals surface area contributed by atoms with Gasteiger partial charge in [-0.25, -0.2) is 4.98 Å². The highest BCUT2D eigenvalue weighted by Gasteiger charge is 2.34. The van der Waals surface area contributed by atoms with E-state index >= 15 is 0 Å². The molecule has 0 amide bonds. The van der Waals surface area contributed by atoms with Gasteiger partial charge in [0.1, 0.15) is 5.75 Å². The van der Waals surface area contributed by atoms with E-state index in [9.17, 15) is 0 Å². The van der Waals surface area contributed by atoms with Crippen LogP contribution in [0.3, 0.4) is 0 Å². The number of nitrogens with zero attached hydrogens (tertiary/aromatic N) is 2. The van der Waals surface area contributed by atoms with Crippen molar-refractivity contribution in [1.29, 1.82) is 0 Å². The molecule has 0 bridgehead atoms. The number of ether oxygens (including phenoxy) is 2. The van der Waals surface area contributed by atoms with Crippen LogP contribution in [-0.2, 0) is 16.6 Å². The highest BCUT2D eigenvalue weighted by molar-refractivity contribution is 14.0. The van der Waals surface area contributed by atoms with Gasteiger partial charge in [0.25, 0.3) is 0 Å². The standard InChI is InChI=1S/C22H32N4O2S.HI/c1-4-28-19-7-5-18(6-8-19)22(10-13-27-14-11-22)16-26-21(23-3)24-12-9-20-25-15-17(2)29-20;/h5-8,15H,4,9-14,16H2,1-3H3,(H2,23,24,26);1H. The molecule has 0 unspecified atom stereocenters. The zero-order chi connectivity index (χ0) is 20.5. The van der Waals surface area contributed by atoms with Crippen LogP contribution in [0.15, 0.2) is 35.5 Å². The minimum atomic E-state index is 0. The zero-order valence-electron chi connectivity index (χ0n) is 18.1. The number of aliphatic imine (C=N–C) groups is 1. The van der Waals surface area contributed by atoms with Gasteiger partial charge in [0.05, 0.1) is 11.6 Å². The summed E-state index contributed by atoms with van der Waals surface area (Å²) in [6.07, 6.45) is 4.81. The molecular weight excluding hydrogens is 511 g/mol. The highest BCUT2D eigenvalue weighted by atomic mass is 127. The molecule has 0 atom stereocenters. The minimum Gasteiger partial charge on any atom is -0.494 e. The number of aryl methyl sites for hydroxylation is 1. The fourth-order valence-corrected chi connectivity index (χ4v) is 4.47. The van der Waals surface area contributed by atoms with Crippen molar-refractivity contribution in [2.24, 2.45) is 4.99 Å². The first-order valence-electron chi connectivity index (χ1n) is 10.3. The second-order valence-electron chi connectivity index (χ2n) is 7.32. The summed E-state index contributed by atoms with van der Waals surface area (Å²) in [5, 5.41) is 8.11. The number of nitrogens with one attached hydrogen (secondary N) is 2. The summed E-state index contributed by atoms with van der Waals surface area (Å²) in [6, 6.07) is 8.52. The van der Waals surface area contributed by atoms with Crippen LogP contribution in [0.4, 0.5) is 0 Å². The van der Waals surface area contributed by atoms with Gasteiger partial charge in [-0.05, 0) is 44.4 Å². The molecule has 2 heterocycles. The Balaban J connectivity index is 0.00000320. The molecule has 1 aliphatic heterocycles. The van der Waals surface area contributed by atoms with Crippen molar-refractivity contribution in [3.63, 3.8) is 0 Å². The molecule has 1 fully saturated rings. The van der Waals surface area contributed by atoms with Crippen LogP contribution < -0.4 is 15.4 Å². The van der Waals surface area contributed by atoms with Gasteiger partial charge in [0.2, 0.25) is 0 Å². The van der Waals surface area contributed by atoms with Gasteiger partial charge >= 0.3 is 0 Å². The summed E-state index contributed by atoms with van der Waals surface area (Å²) in [4.78, 5) is 10.1. The molecule has 1 aliphatic rings. The molecule has 2 N–H and O–H groups in total. The quantitative estimate of drug-likeness (QED) is 0.300. The van der Waals surface area contributed by atoms with E-state index < -0.39 is 0 Å². The number of halogens is 1. The molecule has 0 spiro atoms. The van der Waals surface area contributed by atoms with Crippen molar-refractivity contribution in [1.82, 2.24) is 15.6 Å². The lowest BCUT2D eigenvalue weighted by molar-refractivity contribution is 0.0513. The number of rotatable bonds is 8. The van der Waals surface area contributed by atoms with Crippen LogP contribution in [0, 0.1) is 6.92 Å². The van der Waals surface area contributed by atoms with Crippen molar-refractivity contribution in [3.8, 4) is 5.75 Å². The minimum absolute atomic E-state index is 0. The molecule has 3 rings (SSSR count). The third kappa shape index (κ3) is 6.81. The number of hydrogen-bond acceptors (Lipinski definition) is 5. The van der Waals surface area contributed by atoms with Gasteiger partial charge in [-0.3, -0.25) is 4.99 Å². The molecule has 1 aromatic heterocycles. The van der Waals surface area contributed by atoms with Crippen LogP contribution >= 0.6 is 35.3 Å². The van der Waals surface area contributed by atoms with Crippen LogP contribution in [-0.4, -0.2) is 50.9 Å². The Morgan fingerprint density at radius 1 is 1.23 bits per heavy atom. The van der Waals surface area contributed by atoms with E-state index in [4.69, 9.17) is 9.47 Å². The molecule has 0 radical (unpaired) electrons. The molecule has 0 aliphatic carbocycles. The fraction of sp³-hybridized carbons (Fsp3) is 0.545. The van der Waals surface area contributed by atoms with Gasteiger partial charge in [-0.2, -0.15) is 0 Å². The molecule has 0 saturated carbocycles. The number of thiazole rings is 1. The predicted molar refractivity (Wildman–Crippen MR) is 135 cm³/mol. The van der Waals surface area contributed by atoms with E-state index in [0.717, 1.165) is 62.3 Å². The lowest BCUT2D eigenvalue weighted by Gasteiger charge is -2.38. The van der Waals surface area contributed by atoms with Gasteiger partial charge in [0, 0.05) is 56.3 Å². The van der Waals surface area contributed by atoms with E-state index in [1.807, 2.05) is 20.2 Å². The fourth-order valence-electron chi connectivity index (χ4n) is 3.68. The second-order valence-corrected chi connectivity index (χ2v) is 8.64.